The first-order valence-corrected chi connectivity index (χ1v) is 16.0. The molecule has 0 aromatic carbocycles. The first kappa shape index (κ1) is 29.7. The van der Waals surface area contributed by atoms with E-state index in [0.29, 0.717) is 25.0 Å². The van der Waals surface area contributed by atoms with E-state index in [-0.39, 0.29) is 49.3 Å². The molecule has 1 aliphatic rings. The van der Waals surface area contributed by atoms with Gasteiger partial charge in [-0.15, -0.1) is 0 Å². The summed E-state index contributed by atoms with van der Waals surface area (Å²) in [6, 6.07) is 1.10. The van der Waals surface area contributed by atoms with Gasteiger partial charge < -0.3 is 14.2 Å². The molecule has 0 fully saturated rings. The van der Waals surface area contributed by atoms with Crippen molar-refractivity contribution in [2.24, 2.45) is 5.92 Å². The fourth-order valence-corrected chi connectivity index (χ4v) is 4.38. The van der Waals surface area contributed by atoms with Crippen molar-refractivity contribution < 1.29 is 23.8 Å². The Kier molecular flexibility index (Phi) is 14.0. The van der Waals surface area contributed by atoms with E-state index in [0.717, 1.165) is 18.9 Å². The minimum absolute atomic E-state index is 0.0209. The zero-order valence-electron chi connectivity index (χ0n) is 21.9. The summed E-state index contributed by atoms with van der Waals surface area (Å²) in [5, 5.41) is 0. The number of methoxy groups -OCH3 is 1. The van der Waals surface area contributed by atoms with Crippen molar-refractivity contribution in [3.8, 4) is 0 Å². The van der Waals surface area contributed by atoms with Crippen LogP contribution in [0.3, 0.4) is 0 Å². The van der Waals surface area contributed by atoms with Gasteiger partial charge in [0.1, 0.15) is 12.6 Å². The van der Waals surface area contributed by atoms with Crippen LogP contribution in [-0.4, -0.2) is 52.4 Å². The van der Waals surface area contributed by atoms with Crippen molar-refractivity contribution in [3.63, 3.8) is 0 Å². The van der Waals surface area contributed by atoms with Crippen LogP contribution in [0.25, 0.3) is 0 Å². The molecule has 33 heavy (non-hydrogen) atoms. The second-order valence-corrected chi connectivity index (χ2v) is 16.1. The number of Topliss-reactive ketones (excluding diaryl/α,β-unsaturated/α-hetero) is 2. The third-order valence-electron chi connectivity index (χ3n) is 6.08. The summed E-state index contributed by atoms with van der Waals surface area (Å²) in [4.78, 5) is 24.8. The van der Waals surface area contributed by atoms with Crippen molar-refractivity contribution in [3.05, 3.63) is 35.5 Å². The van der Waals surface area contributed by atoms with Gasteiger partial charge in [-0.1, -0.05) is 56.4 Å². The van der Waals surface area contributed by atoms with E-state index in [9.17, 15) is 9.59 Å². The highest BCUT2D eigenvalue weighted by Gasteiger charge is 2.17. The van der Waals surface area contributed by atoms with Gasteiger partial charge >= 0.3 is 0 Å². The van der Waals surface area contributed by atoms with Gasteiger partial charge in [-0.3, -0.25) is 9.59 Å². The normalized spacial score (nSPS) is 29.0. The van der Waals surface area contributed by atoms with Crippen LogP contribution < -0.4 is 0 Å². The Balaban J connectivity index is 2.87. The summed E-state index contributed by atoms with van der Waals surface area (Å²) in [5.74, 6) is 0.349. The Labute approximate surface area is 202 Å². The molecule has 0 aliphatic heterocycles. The molecule has 1 aliphatic carbocycles. The molecule has 0 spiro atoms. The van der Waals surface area contributed by atoms with E-state index in [1.54, 1.807) is 7.11 Å². The van der Waals surface area contributed by atoms with Gasteiger partial charge in [0.25, 0.3) is 0 Å². The van der Waals surface area contributed by atoms with Crippen molar-refractivity contribution in [2.45, 2.75) is 97.2 Å². The minimum atomic E-state index is -1.14. The highest BCUT2D eigenvalue weighted by Crippen LogP contribution is 2.20. The SMILES string of the molecule is CO[C@H]1CC/C(C)=C\C(OCOCC[Si](C)(C)C)CCC(=O)CCC(=O)/C(C)=C/C=C/[C@@H]1C. The molecule has 0 heterocycles. The lowest BCUT2D eigenvalue weighted by atomic mass is 9.96. The Bertz CT molecular complexity index is 702. The maximum atomic E-state index is 12.4. The van der Waals surface area contributed by atoms with E-state index in [1.165, 1.54) is 5.57 Å². The molecule has 3 atom stereocenters. The molecule has 6 heteroatoms. The molecule has 0 radical (unpaired) electrons. The van der Waals surface area contributed by atoms with Gasteiger partial charge in [-0.05, 0) is 44.7 Å². The van der Waals surface area contributed by atoms with Gasteiger partial charge in [-0.25, -0.2) is 0 Å². The van der Waals surface area contributed by atoms with Gasteiger partial charge in [0.15, 0.2) is 5.78 Å². The van der Waals surface area contributed by atoms with Crippen LogP contribution in [0.15, 0.2) is 35.5 Å². The number of rotatable bonds is 7. The van der Waals surface area contributed by atoms with Crippen LogP contribution in [0.5, 0.6) is 0 Å². The van der Waals surface area contributed by atoms with Gasteiger partial charge in [0.2, 0.25) is 0 Å². The van der Waals surface area contributed by atoms with Gasteiger partial charge in [0, 0.05) is 47.0 Å². The zero-order valence-corrected chi connectivity index (χ0v) is 22.9. The van der Waals surface area contributed by atoms with Crippen molar-refractivity contribution in [1.82, 2.24) is 0 Å². The number of ether oxygens (including phenoxy) is 3. The van der Waals surface area contributed by atoms with Crippen LogP contribution in [0, 0.1) is 5.92 Å². The molecule has 0 saturated carbocycles. The van der Waals surface area contributed by atoms with Gasteiger partial charge in [-0.2, -0.15) is 0 Å². The summed E-state index contributed by atoms with van der Waals surface area (Å²) in [6.07, 6.45) is 11.2. The third-order valence-corrected chi connectivity index (χ3v) is 7.79. The van der Waals surface area contributed by atoms with Crippen LogP contribution in [0.2, 0.25) is 25.7 Å². The lowest BCUT2D eigenvalue weighted by Gasteiger charge is -2.21. The van der Waals surface area contributed by atoms with E-state index in [4.69, 9.17) is 14.2 Å². The lowest BCUT2D eigenvalue weighted by Crippen LogP contribution is -2.23. The molecule has 0 bridgehead atoms. The molecule has 0 aromatic rings. The molecule has 0 saturated heterocycles. The van der Waals surface area contributed by atoms with E-state index in [1.807, 2.05) is 19.1 Å². The summed E-state index contributed by atoms with van der Waals surface area (Å²) in [6.45, 7) is 14.0. The van der Waals surface area contributed by atoms with Crippen molar-refractivity contribution in [2.75, 3.05) is 20.5 Å². The average Bonchev–Trinajstić information content (AvgIpc) is 2.74. The summed E-state index contributed by atoms with van der Waals surface area (Å²) < 4.78 is 17.4. The predicted molar refractivity (Wildman–Crippen MR) is 138 cm³/mol. The Morgan fingerprint density at radius 2 is 1.76 bits per heavy atom. The standard InChI is InChI=1S/C27H46O5Si/c1-21-11-16-27(30-4)23(3)10-8-9-22(2)26(29)15-13-24(28)12-14-25(19-21)32-20-31-17-18-33(5,6)7/h8-10,19,23,25,27H,11-18,20H2,1-7H3/b10-8+,21-19-,22-9+/t23-,25?,27-/m0/s1. The molecular weight excluding hydrogens is 432 g/mol. The number of ketones is 2. The Morgan fingerprint density at radius 1 is 1.03 bits per heavy atom. The second-order valence-electron chi connectivity index (χ2n) is 10.5. The third kappa shape index (κ3) is 13.8. The summed E-state index contributed by atoms with van der Waals surface area (Å²) >= 11 is 0. The molecule has 188 valence electrons. The Morgan fingerprint density at radius 3 is 2.42 bits per heavy atom. The second kappa shape index (κ2) is 15.5. The topological polar surface area (TPSA) is 61.8 Å². The Hall–Kier alpha value is -1.34. The van der Waals surface area contributed by atoms with E-state index >= 15 is 0 Å². The molecule has 0 N–H and O–H groups in total. The fourth-order valence-electron chi connectivity index (χ4n) is 3.62. The number of carbonyl (C=O) groups excluding carboxylic acids is 2. The van der Waals surface area contributed by atoms with Crippen molar-refractivity contribution >= 4 is 19.6 Å². The molecular formula is C27H46O5Si. The van der Waals surface area contributed by atoms with Gasteiger partial charge in [0.05, 0.1) is 12.2 Å². The predicted octanol–water partition coefficient (Wildman–Crippen LogP) is 6.28. The monoisotopic (exact) mass is 478 g/mol. The lowest BCUT2D eigenvalue weighted by molar-refractivity contribution is -0.123. The number of carbonyl (C=O) groups is 2. The molecule has 0 aromatic heterocycles. The number of allylic oxidation sites excluding steroid dienone is 4. The summed E-state index contributed by atoms with van der Waals surface area (Å²) in [5.41, 5.74) is 1.90. The average molecular weight is 479 g/mol. The summed E-state index contributed by atoms with van der Waals surface area (Å²) in [7, 11) is 0.610. The maximum Gasteiger partial charge on any atom is 0.159 e. The highest BCUT2D eigenvalue weighted by atomic mass is 28.3. The zero-order chi connectivity index (χ0) is 24.9. The molecule has 0 amide bonds. The first-order valence-electron chi connectivity index (χ1n) is 12.3. The van der Waals surface area contributed by atoms with Crippen LogP contribution in [-0.2, 0) is 23.8 Å². The number of hydrogen-bond donors (Lipinski definition) is 0. The van der Waals surface area contributed by atoms with Crippen molar-refractivity contribution in [1.29, 1.82) is 0 Å². The largest absolute Gasteiger partial charge is 0.381 e. The van der Waals surface area contributed by atoms with Crippen LogP contribution in [0.1, 0.15) is 59.3 Å². The van der Waals surface area contributed by atoms with Crippen LogP contribution in [0.4, 0.5) is 0 Å². The maximum absolute atomic E-state index is 12.4. The molecule has 1 rings (SSSR count). The smallest absolute Gasteiger partial charge is 0.159 e. The molecule has 1 unspecified atom stereocenters. The first-order chi connectivity index (χ1) is 15.5. The number of hydrogen-bond acceptors (Lipinski definition) is 5. The van der Waals surface area contributed by atoms with E-state index in [2.05, 4.69) is 45.6 Å². The fraction of sp³-hybridized carbons (Fsp3) is 0.704. The van der Waals surface area contributed by atoms with E-state index < -0.39 is 8.07 Å². The quantitative estimate of drug-likeness (QED) is 0.187. The highest BCUT2D eigenvalue weighted by molar-refractivity contribution is 6.76. The molecule has 5 nitrogen and oxygen atoms in total. The minimum Gasteiger partial charge on any atom is -0.381 e. The van der Waals surface area contributed by atoms with Crippen LogP contribution >= 0.6 is 0 Å².